The fourth-order valence-electron chi connectivity index (χ4n) is 6.27. The Morgan fingerprint density at radius 1 is 1.00 bits per heavy atom. The minimum atomic E-state index is -0.736. The first-order chi connectivity index (χ1) is 18.7. The van der Waals surface area contributed by atoms with Crippen molar-refractivity contribution in [3.63, 3.8) is 0 Å². The molecule has 0 aromatic rings. The molecule has 40 heavy (non-hydrogen) atoms. The molecule has 2 saturated heterocycles. The van der Waals surface area contributed by atoms with Gasteiger partial charge in [-0.3, -0.25) is 19.3 Å². The predicted octanol–water partition coefficient (Wildman–Crippen LogP) is 2.41. The minimum Gasteiger partial charge on any atom is -0.467 e. The zero-order chi connectivity index (χ0) is 30.4. The van der Waals surface area contributed by atoms with Crippen molar-refractivity contribution in [1.82, 2.24) is 25.3 Å². The molecular weight excluding hydrogens is 510 g/mol. The van der Waals surface area contributed by atoms with Crippen LogP contribution in [-0.2, 0) is 23.9 Å². The zero-order valence-corrected chi connectivity index (χ0v) is 26.6. The second-order valence-corrected chi connectivity index (χ2v) is 12.9. The number of likely N-dealkylation sites (N-methyl/N-ethyl adjacent to an activating group) is 2. The standard InChI is InChI=1S/C30H55N5O5/c1-11-30(12-2,31-8)28(39)32-24(29(5,6)7)26(37)33(9)23(20(3)4)19-34-17-13-15-21(34)25(36)35-18-14-16-22(35)27(38)40-10/h20-24,31H,11-19H2,1-10H3,(H,32,39)/t21?,22?,23-,24-/m1/s1. The lowest BCUT2D eigenvalue weighted by Crippen LogP contribution is -2.63. The van der Waals surface area contributed by atoms with E-state index in [-0.39, 0.29) is 41.7 Å². The average Bonchev–Trinajstić information content (AvgIpc) is 3.59. The summed E-state index contributed by atoms with van der Waals surface area (Å²) in [6, 6.07) is -1.71. The highest BCUT2D eigenvalue weighted by Crippen LogP contribution is 2.28. The molecule has 2 fully saturated rings. The van der Waals surface area contributed by atoms with Gasteiger partial charge in [0.1, 0.15) is 12.1 Å². The molecule has 10 nitrogen and oxygen atoms in total. The number of ether oxygens (including phenoxy) is 1. The highest BCUT2D eigenvalue weighted by Gasteiger charge is 2.44. The molecule has 2 rings (SSSR count). The average molecular weight is 566 g/mol. The Labute approximate surface area is 241 Å². The molecule has 2 unspecified atom stereocenters. The molecule has 10 heteroatoms. The van der Waals surface area contributed by atoms with Crippen molar-refractivity contribution in [3.8, 4) is 0 Å². The van der Waals surface area contributed by atoms with E-state index in [1.807, 2.05) is 41.7 Å². The van der Waals surface area contributed by atoms with Gasteiger partial charge in [0.25, 0.3) is 0 Å². The Hall–Kier alpha value is -2.20. The van der Waals surface area contributed by atoms with Gasteiger partial charge in [-0.15, -0.1) is 0 Å². The molecule has 3 amide bonds. The molecule has 2 heterocycles. The quantitative estimate of drug-likeness (QED) is 0.350. The number of hydrogen-bond donors (Lipinski definition) is 2. The molecule has 0 saturated carbocycles. The van der Waals surface area contributed by atoms with E-state index in [2.05, 4.69) is 29.4 Å². The molecule has 0 spiro atoms. The third kappa shape index (κ3) is 7.35. The number of amides is 3. The molecule has 2 aliphatic rings. The van der Waals surface area contributed by atoms with Crippen LogP contribution in [-0.4, -0.2) is 109 Å². The Kier molecular flexibility index (Phi) is 12.0. The van der Waals surface area contributed by atoms with E-state index in [4.69, 9.17) is 4.74 Å². The van der Waals surface area contributed by atoms with E-state index in [0.717, 1.165) is 25.8 Å². The molecule has 0 radical (unpaired) electrons. The summed E-state index contributed by atoms with van der Waals surface area (Å²) in [5.74, 6) is -0.560. The SMILES string of the molecule is CCC(CC)(NC)C(=O)N[C@H](C(=O)N(C)[C@H](CN1CCCC1C(=O)N1CCCC1C(=O)OC)C(C)C)C(C)(C)C. The van der Waals surface area contributed by atoms with Gasteiger partial charge < -0.3 is 25.2 Å². The summed E-state index contributed by atoms with van der Waals surface area (Å²) >= 11 is 0. The summed E-state index contributed by atoms with van der Waals surface area (Å²) in [7, 11) is 4.95. The van der Waals surface area contributed by atoms with Crippen molar-refractivity contribution in [1.29, 1.82) is 0 Å². The van der Waals surface area contributed by atoms with E-state index in [1.54, 1.807) is 16.8 Å². The van der Waals surface area contributed by atoms with E-state index in [1.165, 1.54) is 7.11 Å². The highest BCUT2D eigenvalue weighted by molar-refractivity contribution is 5.92. The first-order valence-electron chi connectivity index (χ1n) is 15.1. The number of hydrogen-bond acceptors (Lipinski definition) is 7. The van der Waals surface area contributed by atoms with Crippen molar-refractivity contribution in [2.24, 2.45) is 11.3 Å². The number of nitrogens with one attached hydrogen (secondary N) is 2. The lowest BCUT2D eigenvalue weighted by molar-refractivity contribution is -0.152. The predicted molar refractivity (Wildman–Crippen MR) is 157 cm³/mol. The van der Waals surface area contributed by atoms with Crippen LogP contribution in [0.25, 0.3) is 0 Å². The van der Waals surface area contributed by atoms with Crippen LogP contribution in [0, 0.1) is 11.3 Å². The summed E-state index contributed by atoms with van der Waals surface area (Å²) in [5.41, 5.74) is -1.24. The van der Waals surface area contributed by atoms with Crippen LogP contribution in [0.1, 0.15) is 87.0 Å². The molecule has 0 aliphatic carbocycles. The third-order valence-corrected chi connectivity index (χ3v) is 9.20. The normalized spacial score (nSPS) is 21.8. The van der Waals surface area contributed by atoms with Gasteiger partial charge in [-0.2, -0.15) is 0 Å². The monoisotopic (exact) mass is 565 g/mol. The topological polar surface area (TPSA) is 111 Å². The van der Waals surface area contributed by atoms with E-state index < -0.39 is 23.0 Å². The number of nitrogens with zero attached hydrogens (tertiary/aromatic N) is 3. The second-order valence-electron chi connectivity index (χ2n) is 12.9. The summed E-state index contributed by atoms with van der Waals surface area (Å²) in [5, 5.41) is 6.27. The van der Waals surface area contributed by atoms with Crippen LogP contribution < -0.4 is 10.6 Å². The van der Waals surface area contributed by atoms with Crippen LogP contribution >= 0.6 is 0 Å². The first kappa shape index (κ1) is 34.0. The smallest absolute Gasteiger partial charge is 0.328 e. The summed E-state index contributed by atoms with van der Waals surface area (Å²) in [6.07, 6.45) is 4.25. The van der Waals surface area contributed by atoms with Gasteiger partial charge in [0.15, 0.2) is 0 Å². The maximum Gasteiger partial charge on any atom is 0.328 e. The van der Waals surface area contributed by atoms with Crippen molar-refractivity contribution in [3.05, 3.63) is 0 Å². The third-order valence-electron chi connectivity index (χ3n) is 9.20. The number of rotatable bonds is 12. The Bertz CT molecular complexity index is 889. The van der Waals surface area contributed by atoms with E-state index in [9.17, 15) is 19.2 Å². The molecule has 2 aliphatic heterocycles. The minimum absolute atomic E-state index is 0.0238. The van der Waals surface area contributed by atoms with Crippen molar-refractivity contribution >= 4 is 23.7 Å². The van der Waals surface area contributed by atoms with Gasteiger partial charge in [-0.05, 0) is 63.5 Å². The summed E-state index contributed by atoms with van der Waals surface area (Å²) in [4.78, 5) is 59.0. The van der Waals surface area contributed by atoms with Crippen molar-refractivity contribution < 1.29 is 23.9 Å². The van der Waals surface area contributed by atoms with Gasteiger partial charge in [0.05, 0.1) is 18.7 Å². The fourth-order valence-corrected chi connectivity index (χ4v) is 6.27. The second kappa shape index (κ2) is 14.1. The van der Waals surface area contributed by atoms with Gasteiger partial charge in [-0.1, -0.05) is 48.5 Å². The first-order valence-corrected chi connectivity index (χ1v) is 15.1. The Morgan fingerprint density at radius 3 is 2.08 bits per heavy atom. The maximum atomic E-state index is 14.1. The van der Waals surface area contributed by atoms with Crippen LogP contribution in [0.5, 0.6) is 0 Å². The van der Waals surface area contributed by atoms with Gasteiger partial charge in [0, 0.05) is 26.2 Å². The van der Waals surface area contributed by atoms with Crippen molar-refractivity contribution in [2.45, 2.75) is 117 Å². The van der Waals surface area contributed by atoms with Crippen LogP contribution in [0.3, 0.4) is 0 Å². The lowest BCUT2D eigenvalue weighted by Gasteiger charge is -2.42. The number of esters is 1. The molecular formula is C30H55N5O5. The Balaban J connectivity index is 2.25. The van der Waals surface area contributed by atoms with Crippen molar-refractivity contribution in [2.75, 3.05) is 40.8 Å². The Morgan fingerprint density at radius 2 is 1.57 bits per heavy atom. The zero-order valence-electron chi connectivity index (χ0n) is 26.6. The molecule has 230 valence electrons. The van der Waals surface area contributed by atoms with Crippen LogP contribution in [0.15, 0.2) is 0 Å². The van der Waals surface area contributed by atoms with Gasteiger partial charge in [-0.25, -0.2) is 4.79 Å². The number of methoxy groups -OCH3 is 1. The number of carbonyl (C=O) groups is 4. The molecule has 0 aromatic heterocycles. The number of carbonyl (C=O) groups excluding carboxylic acids is 4. The maximum absolute atomic E-state index is 14.1. The highest BCUT2D eigenvalue weighted by atomic mass is 16.5. The van der Waals surface area contributed by atoms with Gasteiger partial charge >= 0.3 is 5.97 Å². The number of likely N-dealkylation sites (tertiary alicyclic amines) is 2. The molecule has 0 bridgehead atoms. The molecule has 0 aromatic carbocycles. The largest absolute Gasteiger partial charge is 0.467 e. The van der Waals surface area contributed by atoms with E-state index in [0.29, 0.717) is 32.4 Å². The van der Waals surface area contributed by atoms with E-state index >= 15 is 0 Å². The van der Waals surface area contributed by atoms with Gasteiger partial charge in [0.2, 0.25) is 17.7 Å². The lowest BCUT2D eigenvalue weighted by atomic mass is 9.83. The summed E-state index contributed by atoms with van der Waals surface area (Å²) in [6.45, 7) is 15.9. The summed E-state index contributed by atoms with van der Waals surface area (Å²) < 4.78 is 4.95. The van der Waals surface area contributed by atoms with Crippen LogP contribution in [0.2, 0.25) is 0 Å². The van der Waals surface area contributed by atoms with Crippen LogP contribution in [0.4, 0.5) is 0 Å². The fraction of sp³-hybridized carbons (Fsp3) is 0.867. The molecule has 2 N–H and O–H groups in total. The molecule has 4 atom stereocenters.